The van der Waals surface area contributed by atoms with Gasteiger partial charge in [0, 0.05) is 37.3 Å². The first-order valence-electron chi connectivity index (χ1n) is 13.3. The zero-order chi connectivity index (χ0) is 26.6. The third-order valence-electron chi connectivity index (χ3n) is 7.91. The number of carbonyl (C=O) groups excluding carboxylic acids is 1. The Morgan fingerprint density at radius 2 is 1.78 bits per heavy atom. The molecule has 202 valence electrons. The van der Waals surface area contributed by atoms with Crippen molar-refractivity contribution in [3.63, 3.8) is 0 Å². The van der Waals surface area contributed by atoms with Crippen LogP contribution in [0.1, 0.15) is 70.8 Å². The molecule has 0 unspecified atom stereocenters. The molecule has 37 heavy (non-hydrogen) atoms. The number of alkyl halides is 3. The number of carbonyl (C=O) groups is 1. The zero-order valence-electron chi connectivity index (χ0n) is 22.0. The van der Waals surface area contributed by atoms with Crippen molar-refractivity contribution >= 4 is 5.91 Å². The summed E-state index contributed by atoms with van der Waals surface area (Å²) in [6.45, 7) is 7.92. The summed E-state index contributed by atoms with van der Waals surface area (Å²) in [5.74, 6) is 0.753. The molecule has 0 spiro atoms. The standard InChI is InChI=1S/C29H38F3N3O2/c1-20-21(2)27(37-18-5-4-15-33-3)14-13-25(20)26-8-6-7-24-19-34(16-17-35(24)26)28(36)22-9-11-23(12-10-22)29(30,31)32/h9-14,24,26,33H,4-8,15-19H2,1-3H3/t24-,26+/m0/s1. The predicted octanol–water partition coefficient (Wildman–Crippen LogP) is 5.75. The number of nitrogens with zero attached hydrogens (tertiary/aromatic N) is 2. The van der Waals surface area contributed by atoms with Gasteiger partial charge in [-0.05, 0) is 107 Å². The SMILES string of the molecule is CNCCCCOc1ccc([C@H]2CCC[C@H]3CN(C(=O)c4ccc(C(F)(F)F)cc4)CCN32)c(C)c1C. The molecule has 2 atom stereocenters. The molecule has 2 heterocycles. The molecule has 2 aromatic carbocycles. The maximum atomic E-state index is 13.1. The van der Waals surface area contributed by atoms with Crippen LogP contribution in [-0.2, 0) is 6.18 Å². The summed E-state index contributed by atoms with van der Waals surface area (Å²) in [6.07, 6.45) is 0.866. The maximum absolute atomic E-state index is 13.1. The molecule has 0 aromatic heterocycles. The Bertz CT molecular complexity index is 1070. The number of amides is 1. The van der Waals surface area contributed by atoms with Crippen LogP contribution in [0.15, 0.2) is 36.4 Å². The fourth-order valence-corrected chi connectivity index (χ4v) is 5.67. The lowest BCUT2D eigenvalue weighted by Gasteiger charge is -2.49. The third kappa shape index (κ3) is 6.29. The number of benzene rings is 2. The number of piperazine rings is 1. The van der Waals surface area contributed by atoms with Gasteiger partial charge >= 0.3 is 6.18 Å². The monoisotopic (exact) mass is 517 g/mol. The van der Waals surface area contributed by atoms with Crippen LogP contribution < -0.4 is 10.1 Å². The molecule has 0 saturated carbocycles. The molecule has 2 aliphatic rings. The van der Waals surface area contributed by atoms with Crippen LogP contribution in [-0.4, -0.2) is 61.6 Å². The summed E-state index contributed by atoms with van der Waals surface area (Å²) in [5.41, 5.74) is 3.35. The molecular weight excluding hydrogens is 479 g/mol. The van der Waals surface area contributed by atoms with Crippen molar-refractivity contribution in [3.8, 4) is 5.75 Å². The first-order chi connectivity index (χ1) is 17.7. The van der Waals surface area contributed by atoms with Crippen molar-refractivity contribution in [2.24, 2.45) is 0 Å². The highest BCUT2D eigenvalue weighted by atomic mass is 19.4. The van der Waals surface area contributed by atoms with Gasteiger partial charge in [0.25, 0.3) is 5.91 Å². The van der Waals surface area contributed by atoms with Crippen LogP contribution in [0.2, 0.25) is 0 Å². The molecule has 2 aromatic rings. The van der Waals surface area contributed by atoms with Gasteiger partial charge in [0.05, 0.1) is 12.2 Å². The second-order valence-electron chi connectivity index (χ2n) is 10.2. The lowest BCUT2D eigenvalue weighted by atomic mass is 9.86. The summed E-state index contributed by atoms with van der Waals surface area (Å²) in [6, 6.07) is 9.40. The molecular formula is C29H38F3N3O2. The minimum absolute atomic E-state index is 0.196. The Morgan fingerprint density at radius 1 is 1.03 bits per heavy atom. The molecule has 2 aliphatic heterocycles. The molecule has 0 radical (unpaired) electrons. The Hall–Kier alpha value is -2.58. The van der Waals surface area contributed by atoms with Gasteiger partial charge in [0.15, 0.2) is 0 Å². The average Bonchev–Trinajstić information content (AvgIpc) is 2.89. The first-order valence-corrected chi connectivity index (χ1v) is 13.3. The topological polar surface area (TPSA) is 44.8 Å². The van der Waals surface area contributed by atoms with Crippen LogP contribution in [0.4, 0.5) is 13.2 Å². The Kier molecular flexibility index (Phi) is 8.80. The fraction of sp³-hybridized carbons (Fsp3) is 0.552. The van der Waals surface area contributed by atoms with Gasteiger partial charge < -0.3 is 15.0 Å². The van der Waals surface area contributed by atoms with E-state index in [1.54, 1.807) is 4.90 Å². The van der Waals surface area contributed by atoms with Gasteiger partial charge in [-0.1, -0.05) is 6.07 Å². The van der Waals surface area contributed by atoms with Crippen molar-refractivity contribution in [1.82, 2.24) is 15.1 Å². The number of ether oxygens (including phenoxy) is 1. The summed E-state index contributed by atoms with van der Waals surface area (Å²) >= 11 is 0. The van der Waals surface area contributed by atoms with E-state index >= 15 is 0 Å². The van der Waals surface area contributed by atoms with Gasteiger partial charge in [-0.2, -0.15) is 13.2 Å². The molecule has 1 amide bonds. The Labute approximate surface area is 218 Å². The van der Waals surface area contributed by atoms with E-state index in [1.807, 2.05) is 7.05 Å². The minimum atomic E-state index is -4.41. The van der Waals surface area contributed by atoms with Gasteiger partial charge in [-0.15, -0.1) is 0 Å². The van der Waals surface area contributed by atoms with E-state index in [0.717, 1.165) is 63.1 Å². The number of halogens is 3. The predicted molar refractivity (Wildman–Crippen MR) is 139 cm³/mol. The lowest BCUT2D eigenvalue weighted by Crippen LogP contribution is -2.57. The molecule has 2 saturated heterocycles. The largest absolute Gasteiger partial charge is 0.493 e. The van der Waals surface area contributed by atoms with Crippen molar-refractivity contribution in [2.75, 3.05) is 39.8 Å². The number of nitrogens with one attached hydrogen (secondary N) is 1. The van der Waals surface area contributed by atoms with E-state index < -0.39 is 11.7 Å². The lowest BCUT2D eigenvalue weighted by molar-refractivity contribution is -0.137. The molecule has 8 heteroatoms. The smallest absolute Gasteiger partial charge is 0.416 e. The van der Waals surface area contributed by atoms with E-state index in [-0.39, 0.29) is 11.9 Å². The highest BCUT2D eigenvalue weighted by molar-refractivity contribution is 5.94. The van der Waals surface area contributed by atoms with Crippen LogP contribution in [0.5, 0.6) is 5.75 Å². The number of fused-ring (bicyclic) bond motifs is 1. The van der Waals surface area contributed by atoms with E-state index in [2.05, 4.69) is 36.2 Å². The Morgan fingerprint density at radius 3 is 2.49 bits per heavy atom. The highest BCUT2D eigenvalue weighted by Crippen LogP contribution is 2.39. The summed E-state index contributed by atoms with van der Waals surface area (Å²) in [7, 11) is 1.96. The van der Waals surface area contributed by atoms with Crippen molar-refractivity contribution in [3.05, 3.63) is 64.2 Å². The second-order valence-corrected chi connectivity index (χ2v) is 10.2. The molecule has 0 aliphatic carbocycles. The highest BCUT2D eigenvalue weighted by Gasteiger charge is 2.38. The summed E-state index contributed by atoms with van der Waals surface area (Å²) < 4.78 is 44.8. The van der Waals surface area contributed by atoms with E-state index in [9.17, 15) is 18.0 Å². The number of hydrogen-bond acceptors (Lipinski definition) is 4. The zero-order valence-corrected chi connectivity index (χ0v) is 22.0. The van der Waals surface area contributed by atoms with E-state index in [4.69, 9.17) is 4.74 Å². The van der Waals surface area contributed by atoms with Gasteiger partial charge in [0.2, 0.25) is 0 Å². The van der Waals surface area contributed by atoms with Crippen molar-refractivity contribution in [2.45, 2.75) is 64.2 Å². The Balaban J connectivity index is 1.41. The number of piperidine rings is 1. The van der Waals surface area contributed by atoms with Gasteiger partial charge in [0.1, 0.15) is 5.75 Å². The molecule has 0 bridgehead atoms. The number of unbranched alkanes of at least 4 members (excludes halogenated alkanes) is 1. The number of hydrogen-bond donors (Lipinski definition) is 1. The molecule has 1 N–H and O–H groups in total. The molecule has 4 rings (SSSR count). The molecule has 5 nitrogen and oxygen atoms in total. The maximum Gasteiger partial charge on any atom is 0.416 e. The first kappa shape index (κ1) is 27.5. The van der Waals surface area contributed by atoms with Crippen LogP contribution >= 0.6 is 0 Å². The molecule has 2 fully saturated rings. The van der Waals surface area contributed by atoms with Crippen molar-refractivity contribution < 1.29 is 22.7 Å². The number of rotatable bonds is 8. The van der Waals surface area contributed by atoms with Crippen LogP contribution in [0, 0.1) is 13.8 Å². The normalized spacial score (nSPS) is 20.5. The van der Waals surface area contributed by atoms with Crippen LogP contribution in [0.3, 0.4) is 0 Å². The van der Waals surface area contributed by atoms with Crippen molar-refractivity contribution in [1.29, 1.82) is 0 Å². The average molecular weight is 518 g/mol. The fourth-order valence-electron chi connectivity index (χ4n) is 5.67. The van der Waals surface area contributed by atoms with E-state index in [1.165, 1.54) is 28.8 Å². The van der Waals surface area contributed by atoms with Gasteiger partial charge in [-0.25, -0.2) is 0 Å². The van der Waals surface area contributed by atoms with E-state index in [0.29, 0.717) is 31.3 Å². The van der Waals surface area contributed by atoms with Gasteiger partial charge in [-0.3, -0.25) is 9.69 Å². The van der Waals surface area contributed by atoms with Crippen LogP contribution in [0.25, 0.3) is 0 Å². The summed E-state index contributed by atoms with van der Waals surface area (Å²) in [4.78, 5) is 17.4. The third-order valence-corrected chi connectivity index (χ3v) is 7.91. The summed E-state index contributed by atoms with van der Waals surface area (Å²) in [5, 5.41) is 3.16. The quantitative estimate of drug-likeness (QED) is 0.453. The second kappa shape index (κ2) is 11.9. The minimum Gasteiger partial charge on any atom is -0.493 e.